The van der Waals surface area contributed by atoms with E-state index in [1.807, 2.05) is 53.7 Å². The lowest BCUT2D eigenvalue weighted by molar-refractivity contribution is 0.0709. The summed E-state index contributed by atoms with van der Waals surface area (Å²) in [6, 6.07) is 14.5. The van der Waals surface area contributed by atoms with E-state index in [9.17, 15) is 4.79 Å². The molecule has 0 atom stereocenters. The van der Waals surface area contributed by atoms with Crippen molar-refractivity contribution in [2.45, 2.75) is 18.9 Å². The number of piperidine rings is 1. The van der Waals surface area contributed by atoms with Crippen LogP contribution < -0.4 is 5.32 Å². The Morgan fingerprint density at radius 1 is 1.20 bits per heavy atom. The molecule has 4 nitrogen and oxygen atoms in total. The Kier molecular flexibility index (Phi) is 4.51. The van der Waals surface area contributed by atoms with Gasteiger partial charge in [-0.05, 0) is 43.5 Å². The topological polar surface area (TPSA) is 45.2 Å². The highest BCUT2D eigenvalue weighted by molar-refractivity contribution is 7.13. The van der Waals surface area contributed by atoms with Crippen molar-refractivity contribution in [2.75, 3.05) is 20.1 Å². The zero-order valence-corrected chi connectivity index (χ0v) is 15.1. The van der Waals surface area contributed by atoms with Crippen LogP contribution in [0.4, 0.5) is 0 Å². The molecule has 0 unspecified atom stereocenters. The van der Waals surface area contributed by atoms with Crippen LogP contribution in [-0.2, 0) is 0 Å². The second-order valence-electron chi connectivity index (χ2n) is 6.40. The lowest BCUT2D eigenvalue weighted by Gasteiger charge is -2.32. The van der Waals surface area contributed by atoms with Gasteiger partial charge in [0.25, 0.3) is 5.91 Å². The second kappa shape index (κ2) is 6.94. The number of hydrogen-bond acceptors (Lipinski definition) is 4. The van der Waals surface area contributed by atoms with Crippen LogP contribution in [0.2, 0.25) is 0 Å². The van der Waals surface area contributed by atoms with Crippen molar-refractivity contribution in [1.82, 2.24) is 15.2 Å². The van der Waals surface area contributed by atoms with Crippen molar-refractivity contribution in [3.8, 4) is 10.6 Å². The fraction of sp³-hybridized carbons (Fsp3) is 0.300. The summed E-state index contributed by atoms with van der Waals surface area (Å²) < 4.78 is 0. The molecule has 1 N–H and O–H groups in total. The summed E-state index contributed by atoms with van der Waals surface area (Å²) in [5, 5.41) is 6.29. The van der Waals surface area contributed by atoms with Gasteiger partial charge in [0, 0.05) is 24.5 Å². The van der Waals surface area contributed by atoms with Gasteiger partial charge < -0.3 is 10.2 Å². The molecule has 0 spiro atoms. The normalized spacial score (nSPS) is 15.6. The van der Waals surface area contributed by atoms with Gasteiger partial charge in [-0.15, -0.1) is 11.3 Å². The second-order valence-corrected chi connectivity index (χ2v) is 7.35. The van der Waals surface area contributed by atoms with E-state index >= 15 is 0 Å². The third-order valence-corrected chi connectivity index (χ3v) is 5.80. The van der Waals surface area contributed by atoms with Crippen molar-refractivity contribution in [3.05, 3.63) is 53.4 Å². The van der Waals surface area contributed by atoms with Crippen LogP contribution in [0.5, 0.6) is 0 Å². The number of fused-ring (bicyclic) bond motifs is 1. The fourth-order valence-corrected chi connectivity index (χ4v) is 4.13. The number of likely N-dealkylation sites (tertiary alicyclic amines) is 1. The summed E-state index contributed by atoms with van der Waals surface area (Å²) in [5.41, 5.74) is 2.51. The van der Waals surface area contributed by atoms with E-state index in [1.165, 1.54) is 0 Å². The number of amides is 1. The standard InChI is InChI=1S/C20H21N3OS/c1-21-14-8-10-23(11-9-14)20(24)16-13-18(19-7-4-12-25-19)22-17-6-3-2-5-15(16)17/h2-7,12-14,21H,8-11H2,1H3. The molecule has 2 aromatic heterocycles. The molecule has 25 heavy (non-hydrogen) atoms. The van der Waals surface area contributed by atoms with Gasteiger partial charge in [0.2, 0.25) is 0 Å². The minimum atomic E-state index is 0.117. The zero-order valence-electron chi connectivity index (χ0n) is 14.2. The number of benzene rings is 1. The highest BCUT2D eigenvalue weighted by Crippen LogP contribution is 2.29. The van der Waals surface area contributed by atoms with Crippen LogP contribution >= 0.6 is 11.3 Å². The summed E-state index contributed by atoms with van der Waals surface area (Å²) in [6.45, 7) is 1.60. The number of hydrogen-bond donors (Lipinski definition) is 1. The molecule has 1 amide bonds. The fourth-order valence-electron chi connectivity index (χ4n) is 3.44. The van der Waals surface area contributed by atoms with Crippen LogP contribution in [0.15, 0.2) is 47.8 Å². The largest absolute Gasteiger partial charge is 0.339 e. The maximum Gasteiger partial charge on any atom is 0.254 e. The molecule has 0 saturated carbocycles. The Morgan fingerprint density at radius 2 is 2.00 bits per heavy atom. The van der Waals surface area contributed by atoms with Crippen molar-refractivity contribution in [3.63, 3.8) is 0 Å². The first kappa shape index (κ1) is 16.2. The predicted octanol–water partition coefficient (Wildman–Crippen LogP) is 3.79. The van der Waals surface area contributed by atoms with Gasteiger partial charge in [-0.2, -0.15) is 0 Å². The van der Waals surface area contributed by atoms with E-state index in [0.717, 1.165) is 53.0 Å². The summed E-state index contributed by atoms with van der Waals surface area (Å²) in [6.07, 6.45) is 2.01. The van der Waals surface area contributed by atoms with E-state index in [4.69, 9.17) is 4.98 Å². The molecule has 1 aliphatic rings. The van der Waals surface area contributed by atoms with E-state index in [0.29, 0.717) is 6.04 Å². The molecule has 1 saturated heterocycles. The Bertz CT molecular complexity index is 883. The van der Waals surface area contributed by atoms with Gasteiger partial charge in [0.05, 0.1) is 21.7 Å². The molecule has 1 aromatic carbocycles. The molecule has 3 aromatic rings. The van der Waals surface area contributed by atoms with Crippen molar-refractivity contribution >= 4 is 28.1 Å². The average molecular weight is 351 g/mol. The third kappa shape index (κ3) is 3.17. The highest BCUT2D eigenvalue weighted by atomic mass is 32.1. The molecule has 0 aliphatic carbocycles. The SMILES string of the molecule is CNC1CCN(C(=O)c2cc(-c3cccs3)nc3ccccc23)CC1. The van der Waals surface area contributed by atoms with Gasteiger partial charge in [0.1, 0.15) is 0 Å². The van der Waals surface area contributed by atoms with Gasteiger partial charge in [0.15, 0.2) is 0 Å². The van der Waals surface area contributed by atoms with E-state index in [1.54, 1.807) is 11.3 Å². The molecule has 4 rings (SSSR count). The maximum atomic E-state index is 13.2. The van der Waals surface area contributed by atoms with Crippen LogP contribution in [0.25, 0.3) is 21.5 Å². The lowest BCUT2D eigenvalue weighted by Crippen LogP contribution is -2.44. The Morgan fingerprint density at radius 3 is 2.72 bits per heavy atom. The maximum absolute atomic E-state index is 13.2. The zero-order chi connectivity index (χ0) is 17.2. The number of carbonyl (C=O) groups excluding carboxylic acids is 1. The van der Waals surface area contributed by atoms with Crippen LogP contribution in [0.1, 0.15) is 23.2 Å². The number of para-hydroxylation sites is 1. The minimum Gasteiger partial charge on any atom is -0.339 e. The molecule has 1 aliphatic heterocycles. The number of nitrogens with one attached hydrogen (secondary N) is 1. The molecule has 128 valence electrons. The molecule has 1 fully saturated rings. The monoisotopic (exact) mass is 351 g/mol. The first-order chi connectivity index (χ1) is 12.3. The van der Waals surface area contributed by atoms with Crippen LogP contribution in [0.3, 0.4) is 0 Å². The quantitative estimate of drug-likeness (QED) is 0.781. The van der Waals surface area contributed by atoms with Gasteiger partial charge in [-0.3, -0.25) is 4.79 Å². The van der Waals surface area contributed by atoms with Crippen molar-refractivity contribution in [1.29, 1.82) is 0 Å². The van der Waals surface area contributed by atoms with Gasteiger partial charge >= 0.3 is 0 Å². The number of rotatable bonds is 3. The number of nitrogens with zero attached hydrogens (tertiary/aromatic N) is 2. The Labute approximate surface area is 151 Å². The number of thiophene rings is 1. The smallest absolute Gasteiger partial charge is 0.254 e. The van der Waals surface area contributed by atoms with Gasteiger partial charge in [-0.1, -0.05) is 24.3 Å². The number of aromatic nitrogens is 1. The summed E-state index contributed by atoms with van der Waals surface area (Å²) in [7, 11) is 1.99. The molecular weight excluding hydrogens is 330 g/mol. The molecule has 0 bridgehead atoms. The minimum absolute atomic E-state index is 0.117. The Balaban J connectivity index is 1.74. The molecule has 5 heteroatoms. The highest BCUT2D eigenvalue weighted by Gasteiger charge is 2.24. The summed E-state index contributed by atoms with van der Waals surface area (Å²) >= 11 is 1.65. The molecular formula is C20H21N3OS. The average Bonchev–Trinajstić information content (AvgIpc) is 3.21. The predicted molar refractivity (Wildman–Crippen MR) is 103 cm³/mol. The molecule has 0 radical (unpaired) electrons. The summed E-state index contributed by atoms with van der Waals surface area (Å²) in [5.74, 6) is 0.117. The van der Waals surface area contributed by atoms with Crippen LogP contribution in [-0.4, -0.2) is 42.0 Å². The van der Waals surface area contributed by atoms with Gasteiger partial charge in [-0.25, -0.2) is 4.98 Å². The van der Waals surface area contributed by atoms with E-state index in [2.05, 4.69) is 11.4 Å². The van der Waals surface area contributed by atoms with E-state index < -0.39 is 0 Å². The first-order valence-corrected chi connectivity index (χ1v) is 9.54. The lowest BCUT2D eigenvalue weighted by atomic mass is 10.0. The van der Waals surface area contributed by atoms with Crippen LogP contribution in [0, 0.1) is 0 Å². The van der Waals surface area contributed by atoms with E-state index in [-0.39, 0.29) is 5.91 Å². The number of carbonyl (C=O) groups is 1. The Hall–Kier alpha value is -2.24. The van der Waals surface area contributed by atoms with Crippen molar-refractivity contribution in [2.24, 2.45) is 0 Å². The van der Waals surface area contributed by atoms with Crippen molar-refractivity contribution < 1.29 is 4.79 Å². The summed E-state index contributed by atoms with van der Waals surface area (Å²) in [4.78, 5) is 21.0. The third-order valence-electron chi connectivity index (χ3n) is 4.91. The first-order valence-electron chi connectivity index (χ1n) is 8.66. The molecule has 3 heterocycles. The number of pyridine rings is 1.